The zero-order valence-corrected chi connectivity index (χ0v) is 18.2. The molecule has 2 N–H and O–H groups in total. The number of aromatic nitrogens is 4. The Balaban J connectivity index is 1.45. The van der Waals surface area contributed by atoms with E-state index in [0.717, 1.165) is 29.7 Å². The number of amides is 1. The van der Waals surface area contributed by atoms with Crippen LogP contribution in [0.15, 0.2) is 42.7 Å². The van der Waals surface area contributed by atoms with E-state index < -0.39 is 0 Å². The molecule has 0 aromatic carbocycles. The minimum Gasteiger partial charge on any atom is -0.496 e. The summed E-state index contributed by atoms with van der Waals surface area (Å²) in [4.78, 5) is 23.6. The molecule has 0 aliphatic carbocycles. The van der Waals surface area contributed by atoms with Crippen molar-refractivity contribution < 1.29 is 14.3 Å². The van der Waals surface area contributed by atoms with Gasteiger partial charge in [0.05, 0.1) is 19.4 Å². The average molecular weight is 435 g/mol. The van der Waals surface area contributed by atoms with Crippen molar-refractivity contribution in [3.05, 3.63) is 54.1 Å². The summed E-state index contributed by atoms with van der Waals surface area (Å²) in [6.45, 7) is 3.72. The van der Waals surface area contributed by atoms with Crippen molar-refractivity contribution in [1.29, 1.82) is 0 Å². The molecule has 0 atom stereocenters. The number of pyridine rings is 2. The molecule has 3 aromatic heterocycles. The molecule has 0 radical (unpaired) electrons. The SMILES string of the molecule is CCOc1ccc(-c2cnc(C(=O)N3CCC(c4ccc(N)nn4)CC3)cc2OC)cn1. The molecule has 9 nitrogen and oxygen atoms in total. The van der Waals surface area contributed by atoms with Gasteiger partial charge >= 0.3 is 0 Å². The van der Waals surface area contributed by atoms with Gasteiger partial charge in [-0.15, -0.1) is 5.10 Å². The number of carbonyl (C=O) groups is 1. The van der Waals surface area contributed by atoms with E-state index in [0.29, 0.717) is 42.8 Å². The Labute approximate surface area is 186 Å². The van der Waals surface area contributed by atoms with Crippen LogP contribution in [0.1, 0.15) is 41.9 Å². The third-order valence-corrected chi connectivity index (χ3v) is 5.55. The molecule has 0 unspecified atom stereocenters. The highest BCUT2D eigenvalue weighted by Crippen LogP contribution is 2.31. The van der Waals surface area contributed by atoms with Gasteiger partial charge in [-0.3, -0.25) is 9.78 Å². The minimum absolute atomic E-state index is 0.110. The van der Waals surface area contributed by atoms with Crippen LogP contribution < -0.4 is 15.2 Å². The van der Waals surface area contributed by atoms with Crippen LogP contribution in [0.2, 0.25) is 0 Å². The molecule has 3 aromatic rings. The van der Waals surface area contributed by atoms with E-state index in [2.05, 4.69) is 20.2 Å². The summed E-state index contributed by atoms with van der Waals surface area (Å²) in [6, 6.07) is 9.05. The number of nitrogens with two attached hydrogens (primary N) is 1. The smallest absolute Gasteiger partial charge is 0.272 e. The number of hydrogen-bond acceptors (Lipinski definition) is 8. The second kappa shape index (κ2) is 9.59. The highest BCUT2D eigenvalue weighted by atomic mass is 16.5. The predicted molar refractivity (Wildman–Crippen MR) is 120 cm³/mol. The first-order valence-corrected chi connectivity index (χ1v) is 10.6. The van der Waals surface area contributed by atoms with Gasteiger partial charge in [0, 0.05) is 54.7 Å². The van der Waals surface area contributed by atoms with E-state index in [1.807, 2.05) is 24.0 Å². The first-order valence-electron chi connectivity index (χ1n) is 10.6. The summed E-state index contributed by atoms with van der Waals surface area (Å²) in [5, 5.41) is 8.12. The quantitative estimate of drug-likeness (QED) is 0.629. The number of carbonyl (C=O) groups excluding carboxylic acids is 1. The maximum Gasteiger partial charge on any atom is 0.272 e. The third kappa shape index (κ3) is 4.61. The molecule has 4 rings (SSSR count). The van der Waals surface area contributed by atoms with E-state index in [1.54, 1.807) is 37.7 Å². The van der Waals surface area contributed by atoms with E-state index in [1.165, 1.54) is 0 Å². The molecule has 1 aliphatic rings. The van der Waals surface area contributed by atoms with Crippen LogP contribution in [-0.4, -0.2) is 57.8 Å². The molecule has 1 aliphatic heterocycles. The molecule has 9 heteroatoms. The van der Waals surface area contributed by atoms with Crippen molar-refractivity contribution in [2.24, 2.45) is 0 Å². The predicted octanol–water partition coefficient (Wildman–Crippen LogP) is 2.94. The van der Waals surface area contributed by atoms with Gasteiger partial charge in [0.25, 0.3) is 5.91 Å². The molecular formula is C23H26N6O3. The minimum atomic E-state index is -0.110. The monoisotopic (exact) mass is 434 g/mol. The summed E-state index contributed by atoms with van der Waals surface area (Å²) < 4.78 is 10.9. The van der Waals surface area contributed by atoms with Crippen LogP contribution >= 0.6 is 0 Å². The second-order valence-electron chi connectivity index (χ2n) is 7.54. The highest BCUT2D eigenvalue weighted by molar-refractivity contribution is 5.93. The maximum absolute atomic E-state index is 13.1. The first kappa shape index (κ1) is 21.5. The molecule has 1 fully saturated rings. The lowest BCUT2D eigenvalue weighted by molar-refractivity contribution is 0.0705. The van der Waals surface area contributed by atoms with Gasteiger partial charge in [-0.1, -0.05) is 0 Å². The molecule has 4 heterocycles. The highest BCUT2D eigenvalue weighted by Gasteiger charge is 2.27. The lowest BCUT2D eigenvalue weighted by Crippen LogP contribution is -2.38. The molecule has 0 spiro atoms. The number of ether oxygens (including phenoxy) is 2. The van der Waals surface area contributed by atoms with Gasteiger partial charge in [-0.05, 0) is 38.0 Å². The van der Waals surface area contributed by atoms with Crippen LogP contribution in [0.5, 0.6) is 11.6 Å². The van der Waals surface area contributed by atoms with E-state index >= 15 is 0 Å². The summed E-state index contributed by atoms with van der Waals surface area (Å²) in [7, 11) is 1.58. The maximum atomic E-state index is 13.1. The normalized spacial score (nSPS) is 14.2. The van der Waals surface area contributed by atoms with E-state index in [-0.39, 0.29) is 11.8 Å². The molecule has 1 saturated heterocycles. The lowest BCUT2D eigenvalue weighted by atomic mass is 9.93. The number of likely N-dealkylation sites (tertiary alicyclic amines) is 1. The fourth-order valence-electron chi connectivity index (χ4n) is 3.82. The van der Waals surface area contributed by atoms with Crippen molar-refractivity contribution in [2.75, 3.05) is 32.5 Å². The third-order valence-electron chi connectivity index (χ3n) is 5.55. The summed E-state index contributed by atoms with van der Waals surface area (Å²) in [6.07, 6.45) is 4.99. The van der Waals surface area contributed by atoms with Crippen LogP contribution in [0.3, 0.4) is 0 Å². The Morgan fingerprint density at radius 3 is 2.56 bits per heavy atom. The Kier molecular flexibility index (Phi) is 6.44. The number of hydrogen-bond donors (Lipinski definition) is 1. The van der Waals surface area contributed by atoms with Crippen molar-refractivity contribution in [3.63, 3.8) is 0 Å². The van der Waals surface area contributed by atoms with E-state index in [4.69, 9.17) is 15.2 Å². The van der Waals surface area contributed by atoms with Crippen LogP contribution in [0, 0.1) is 0 Å². The Hall–Kier alpha value is -3.75. The van der Waals surface area contributed by atoms with Crippen LogP contribution in [-0.2, 0) is 0 Å². The van der Waals surface area contributed by atoms with Gasteiger partial charge in [-0.25, -0.2) is 4.98 Å². The van der Waals surface area contributed by atoms with Gasteiger partial charge in [0.1, 0.15) is 17.3 Å². The van der Waals surface area contributed by atoms with Crippen molar-refractivity contribution in [2.45, 2.75) is 25.7 Å². The standard InChI is InChI=1S/C23H26N6O3/c1-3-32-22-7-4-16(13-26-22)17-14-25-19(12-20(17)31-2)23(30)29-10-8-15(9-11-29)18-5-6-21(24)28-27-18/h4-7,12-15H,3,8-11H2,1-2H3,(H2,24,28). The first-order chi connectivity index (χ1) is 15.6. The molecule has 0 bridgehead atoms. The van der Waals surface area contributed by atoms with Crippen LogP contribution in [0.4, 0.5) is 5.82 Å². The molecule has 0 saturated carbocycles. The molecule has 1 amide bonds. The molecule has 32 heavy (non-hydrogen) atoms. The summed E-state index contributed by atoms with van der Waals surface area (Å²) in [5.74, 6) is 1.70. The van der Waals surface area contributed by atoms with Gasteiger partial charge in [0.15, 0.2) is 0 Å². The van der Waals surface area contributed by atoms with Gasteiger partial charge in [0.2, 0.25) is 5.88 Å². The van der Waals surface area contributed by atoms with Crippen molar-refractivity contribution >= 4 is 11.7 Å². The van der Waals surface area contributed by atoms with E-state index in [9.17, 15) is 4.79 Å². The van der Waals surface area contributed by atoms with Crippen LogP contribution in [0.25, 0.3) is 11.1 Å². The molecule has 166 valence electrons. The lowest BCUT2D eigenvalue weighted by Gasteiger charge is -2.31. The fourth-order valence-corrected chi connectivity index (χ4v) is 3.82. The van der Waals surface area contributed by atoms with Gasteiger partial charge in [-0.2, -0.15) is 5.10 Å². The Morgan fingerprint density at radius 1 is 1.12 bits per heavy atom. The number of methoxy groups -OCH3 is 1. The number of nitrogens with zero attached hydrogens (tertiary/aromatic N) is 5. The number of anilines is 1. The van der Waals surface area contributed by atoms with Gasteiger partial charge < -0.3 is 20.1 Å². The fraction of sp³-hybridized carbons (Fsp3) is 0.348. The zero-order chi connectivity index (χ0) is 22.5. The van der Waals surface area contributed by atoms with Crippen molar-refractivity contribution in [1.82, 2.24) is 25.1 Å². The number of rotatable bonds is 6. The topological polar surface area (TPSA) is 116 Å². The summed E-state index contributed by atoms with van der Waals surface area (Å²) >= 11 is 0. The zero-order valence-electron chi connectivity index (χ0n) is 18.2. The average Bonchev–Trinajstić information content (AvgIpc) is 2.84. The number of nitrogen functional groups attached to an aromatic ring is 1. The largest absolute Gasteiger partial charge is 0.496 e. The second-order valence-corrected chi connectivity index (χ2v) is 7.54. The van der Waals surface area contributed by atoms with Crippen molar-refractivity contribution in [3.8, 4) is 22.8 Å². The number of piperidine rings is 1. The summed E-state index contributed by atoms with van der Waals surface area (Å²) in [5.41, 5.74) is 8.49. The Bertz CT molecular complexity index is 1060. The Morgan fingerprint density at radius 2 is 1.94 bits per heavy atom. The molecular weight excluding hydrogens is 408 g/mol.